The third kappa shape index (κ3) is 3.44. The fourth-order valence-corrected chi connectivity index (χ4v) is 3.39. The lowest BCUT2D eigenvalue weighted by molar-refractivity contribution is 0.0957. The van der Waals surface area contributed by atoms with Gasteiger partial charge in [0.25, 0.3) is 5.91 Å². The fourth-order valence-electron chi connectivity index (χ4n) is 2.72. The number of amides is 1. The van der Waals surface area contributed by atoms with Gasteiger partial charge in [0.2, 0.25) is 0 Å². The lowest BCUT2D eigenvalue weighted by atomic mass is 10.0. The number of hydrogen-bond acceptors (Lipinski definition) is 4. The van der Waals surface area contributed by atoms with E-state index < -0.39 is 21.6 Å². The van der Waals surface area contributed by atoms with Gasteiger partial charge in [0.05, 0.1) is 5.69 Å². The summed E-state index contributed by atoms with van der Waals surface area (Å²) >= 11 is 0. The van der Waals surface area contributed by atoms with Gasteiger partial charge in [0.1, 0.15) is 17.3 Å². The van der Waals surface area contributed by atoms with Crippen LogP contribution in [0.25, 0.3) is 0 Å². The summed E-state index contributed by atoms with van der Waals surface area (Å²) in [6.45, 7) is 0.470. The van der Waals surface area contributed by atoms with Crippen LogP contribution >= 0.6 is 0 Å². The van der Waals surface area contributed by atoms with Crippen LogP contribution in [0.5, 0.6) is 0 Å². The minimum Gasteiger partial charge on any atom is -0.455 e. The predicted molar refractivity (Wildman–Crippen MR) is 83.7 cm³/mol. The number of fused-ring (bicyclic) bond motifs is 1. The molecule has 0 unspecified atom stereocenters. The van der Waals surface area contributed by atoms with E-state index >= 15 is 0 Å². The highest BCUT2D eigenvalue weighted by Crippen LogP contribution is 2.29. The van der Waals surface area contributed by atoms with Crippen LogP contribution in [-0.4, -0.2) is 27.1 Å². The number of carbonyl (C=O) groups excluding carboxylic acids is 1. The van der Waals surface area contributed by atoms with Crippen LogP contribution in [0.3, 0.4) is 0 Å². The zero-order valence-electron chi connectivity index (χ0n) is 12.6. The summed E-state index contributed by atoms with van der Waals surface area (Å²) in [5.41, 5.74) is 1.45. The van der Waals surface area contributed by atoms with E-state index in [1.165, 1.54) is 29.2 Å². The number of aryl methyl sites for hydroxylation is 1. The first-order valence-electron chi connectivity index (χ1n) is 7.20. The number of anilines is 1. The molecule has 0 radical (unpaired) electrons. The molecule has 3 rings (SSSR count). The molecule has 0 saturated carbocycles. The molecule has 5 nitrogen and oxygen atoms in total. The van der Waals surface area contributed by atoms with Crippen molar-refractivity contribution in [2.45, 2.75) is 18.6 Å². The maximum atomic E-state index is 13.5. The van der Waals surface area contributed by atoms with E-state index in [2.05, 4.69) is 0 Å². The Bertz CT molecular complexity index is 857. The topological polar surface area (TPSA) is 67.6 Å². The van der Waals surface area contributed by atoms with Crippen molar-refractivity contribution in [1.82, 2.24) is 0 Å². The van der Waals surface area contributed by atoms with E-state index in [0.29, 0.717) is 12.2 Å². The van der Waals surface area contributed by atoms with Gasteiger partial charge in [-0.3, -0.25) is 4.79 Å². The Morgan fingerprint density at radius 2 is 2.09 bits per heavy atom. The molecule has 1 aliphatic rings. The third-order valence-corrected chi connectivity index (χ3v) is 4.50. The van der Waals surface area contributed by atoms with Gasteiger partial charge in [-0.05, 0) is 42.7 Å². The standard InChI is InChI=1S/C16H16FNO4S/c1-23(20,21)10-13-6-7-15(22-13)16(19)18-8-2-3-11-4-5-12(17)9-14(11)18/h4-7,9H,2-3,8,10H2,1H3. The third-order valence-electron chi connectivity index (χ3n) is 3.69. The maximum Gasteiger partial charge on any atom is 0.293 e. The summed E-state index contributed by atoms with van der Waals surface area (Å²) in [5.74, 6) is -0.782. The van der Waals surface area contributed by atoms with Crippen molar-refractivity contribution in [2.75, 3.05) is 17.7 Å². The number of rotatable bonds is 3. The quantitative estimate of drug-likeness (QED) is 0.863. The van der Waals surface area contributed by atoms with Gasteiger partial charge in [0, 0.05) is 12.8 Å². The monoisotopic (exact) mass is 337 g/mol. The summed E-state index contributed by atoms with van der Waals surface area (Å²) in [6.07, 6.45) is 2.67. The van der Waals surface area contributed by atoms with Gasteiger partial charge in [-0.15, -0.1) is 0 Å². The van der Waals surface area contributed by atoms with Crippen LogP contribution in [0.4, 0.5) is 10.1 Å². The normalized spacial score (nSPS) is 14.6. The van der Waals surface area contributed by atoms with E-state index in [-0.39, 0.29) is 17.3 Å². The van der Waals surface area contributed by atoms with E-state index in [0.717, 1.165) is 24.7 Å². The van der Waals surface area contributed by atoms with Gasteiger partial charge in [0.15, 0.2) is 15.6 Å². The number of sulfone groups is 1. The second kappa shape index (κ2) is 5.81. The molecule has 0 saturated heterocycles. The van der Waals surface area contributed by atoms with Crippen molar-refractivity contribution in [2.24, 2.45) is 0 Å². The van der Waals surface area contributed by atoms with Crippen LogP contribution < -0.4 is 4.90 Å². The average molecular weight is 337 g/mol. The molecular formula is C16H16FNO4S. The van der Waals surface area contributed by atoms with Gasteiger partial charge in [-0.25, -0.2) is 12.8 Å². The lowest BCUT2D eigenvalue weighted by Crippen LogP contribution is -2.35. The smallest absolute Gasteiger partial charge is 0.293 e. The number of hydrogen-bond donors (Lipinski definition) is 0. The molecule has 122 valence electrons. The van der Waals surface area contributed by atoms with Gasteiger partial charge < -0.3 is 9.32 Å². The molecule has 7 heteroatoms. The first-order chi connectivity index (χ1) is 10.8. The van der Waals surface area contributed by atoms with Gasteiger partial charge in [-0.1, -0.05) is 6.07 Å². The van der Waals surface area contributed by atoms with Crippen molar-refractivity contribution in [3.8, 4) is 0 Å². The fraction of sp³-hybridized carbons (Fsp3) is 0.312. The van der Waals surface area contributed by atoms with Crippen LogP contribution in [0.1, 0.15) is 28.3 Å². The molecule has 1 aromatic heterocycles. The van der Waals surface area contributed by atoms with Crippen molar-refractivity contribution >= 4 is 21.4 Å². The SMILES string of the molecule is CS(=O)(=O)Cc1ccc(C(=O)N2CCCc3ccc(F)cc32)o1. The molecule has 0 spiro atoms. The largest absolute Gasteiger partial charge is 0.455 e. The first kappa shape index (κ1) is 15.7. The highest BCUT2D eigenvalue weighted by molar-refractivity contribution is 7.89. The molecule has 1 amide bonds. The number of nitrogens with zero attached hydrogens (tertiary/aromatic N) is 1. The Labute approximate surface area is 133 Å². The minimum atomic E-state index is -3.24. The van der Waals surface area contributed by atoms with Crippen molar-refractivity contribution < 1.29 is 22.0 Å². The Morgan fingerprint density at radius 3 is 2.83 bits per heavy atom. The highest BCUT2D eigenvalue weighted by Gasteiger charge is 2.26. The zero-order chi connectivity index (χ0) is 16.6. The summed E-state index contributed by atoms with van der Waals surface area (Å²) in [6, 6.07) is 7.33. The molecule has 2 aromatic rings. The molecule has 0 aliphatic carbocycles. The molecule has 23 heavy (non-hydrogen) atoms. The van der Waals surface area contributed by atoms with Gasteiger partial charge in [-0.2, -0.15) is 0 Å². The minimum absolute atomic E-state index is 0.0563. The zero-order valence-corrected chi connectivity index (χ0v) is 13.4. The van der Waals surface area contributed by atoms with Crippen molar-refractivity contribution in [3.63, 3.8) is 0 Å². The predicted octanol–water partition coefficient (Wildman–Crippen LogP) is 2.56. The molecule has 1 aromatic carbocycles. The Hall–Kier alpha value is -2.15. The second-order valence-electron chi connectivity index (χ2n) is 5.67. The molecule has 0 atom stereocenters. The van der Waals surface area contributed by atoms with Crippen LogP contribution in [0.2, 0.25) is 0 Å². The van der Waals surface area contributed by atoms with Crippen LogP contribution in [0.15, 0.2) is 34.7 Å². The Morgan fingerprint density at radius 1 is 1.30 bits per heavy atom. The summed E-state index contributed by atoms with van der Waals surface area (Å²) < 4.78 is 41.4. The van der Waals surface area contributed by atoms with Gasteiger partial charge >= 0.3 is 0 Å². The first-order valence-corrected chi connectivity index (χ1v) is 9.26. The molecular weight excluding hydrogens is 321 g/mol. The number of furan rings is 1. The lowest BCUT2D eigenvalue weighted by Gasteiger charge is -2.28. The summed E-state index contributed by atoms with van der Waals surface area (Å²) in [7, 11) is -3.24. The molecule has 2 heterocycles. The maximum absolute atomic E-state index is 13.5. The molecule has 1 aliphatic heterocycles. The van der Waals surface area contributed by atoms with E-state index in [4.69, 9.17) is 4.42 Å². The van der Waals surface area contributed by atoms with Crippen molar-refractivity contribution in [3.05, 3.63) is 53.2 Å². The Balaban J connectivity index is 1.89. The molecule has 0 fully saturated rings. The summed E-state index contributed by atoms with van der Waals surface area (Å²) in [5, 5.41) is 0. The highest BCUT2D eigenvalue weighted by atomic mass is 32.2. The van der Waals surface area contributed by atoms with E-state index in [9.17, 15) is 17.6 Å². The molecule has 0 bridgehead atoms. The number of benzene rings is 1. The number of halogens is 1. The van der Waals surface area contributed by atoms with Crippen LogP contribution in [-0.2, 0) is 22.0 Å². The van der Waals surface area contributed by atoms with Crippen LogP contribution in [0, 0.1) is 5.82 Å². The summed E-state index contributed by atoms with van der Waals surface area (Å²) in [4.78, 5) is 14.1. The van der Waals surface area contributed by atoms with Crippen molar-refractivity contribution in [1.29, 1.82) is 0 Å². The van der Waals surface area contributed by atoms with E-state index in [1.54, 1.807) is 6.07 Å². The average Bonchev–Trinajstić information content (AvgIpc) is 2.92. The molecule has 0 N–H and O–H groups in total. The van der Waals surface area contributed by atoms with E-state index in [1.807, 2.05) is 0 Å². The number of carbonyl (C=O) groups is 1. The second-order valence-corrected chi connectivity index (χ2v) is 7.81. The Kier molecular flexibility index (Phi) is 3.97.